The van der Waals surface area contributed by atoms with Crippen LogP contribution < -0.4 is 0 Å². The smallest absolute Gasteiger partial charge is 0.456 e. The van der Waals surface area contributed by atoms with Crippen LogP contribution in [-0.2, 0) is 9.47 Å². The average molecular weight is 269 g/mol. The number of diazo groups is 1. The first-order valence-corrected chi connectivity index (χ1v) is 6.21. The first kappa shape index (κ1) is 14.1. The quantitative estimate of drug-likeness (QED) is 0.620. The summed E-state index contributed by atoms with van der Waals surface area (Å²) in [6.45, 7) is 5.37. The van der Waals surface area contributed by atoms with E-state index in [2.05, 4.69) is 4.98 Å². The average Bonchev–Trinajstić information content (AvgIpc) is 2.67. The molecular formula is C11H13N2O4S+. The van der Waals surface area contributed by atoms with Crippen molar-refractivity contribution in [1.29, 1.82) is 5.39 Å². The Bertz CT molecular complexity index is 516. The van der Waals surface area contributed by atoms with Gasteiger partial charge in [0.15, 0.2) is 10.5 Å². The lowest BCUT2D eigenvalue weighted by atomic mass is 10.1. The van der Waals surface area contributed by atoms with E-state index in [9.17, 15) is 9.59 Å². The number of carbonyl (C=O) groups excluding carboxylic acids is 2. The van der Waals surface area contributed by atoms with Gasteiger partial charge in [-0.1, -0.05) is 0 Å². The van der Waals surface area contributed by atoms with E-state index in [0.29, 0.717) is 5.56 Å². The van der Waals surface area contributed by atoms with Crippen LogP contribution in [0.25, 0.3) is 4.98 Å². The normalized spacial score (nSPS) is 9.67. The van der Waals surface area contributed by atoms with Crippen molar-refractivity contribution >= 4 is 28.3 Å². The molecule has 1 heterocycles. The highest BCUT2D eigenvalue weighted by atomic mass is 32.1. The fourth-order valence-corrected chi connectivity index (χ4v) is 2.37. The van der Waals surface area contributed by atoms with E-state index in [0.717, 1.165) is 11.3 Å². The molecule has 0 radical (unpaired) electrons. The van der Waals surface area contributed by atoms with Crippen LogP contribution in [0.5, 0.6) is 0 Å². The van der Waals surface area contributed by atoms with Crippen molar-refractivity contribution in [2.45, 2.75) is 20.8 Å². The van der Waals surface area contributed by atoms with Gasteiger partial charge in [-0.25, -0.2) is 9.59 Å². The molecule has 0 aliphatic rings. The molecule has 96 valence electrons. The Morgan fingerprint density at radius 1 is 1.22 bits per heavy atom. The van der Waals surface area contributed by atoms with Crippen molar-refractivity contribution < 1.29 is 19.1 Å². The summed E-state index contributed by atoms with van der Waals surface area (Å²) in [5.41, 5.74) is 0.511. The maximum Gasteiger partial charge on any atom is 0.456 e. The third kappa shape index (κ3) is 2.65. The molecule has 1 rings (SSSR count). The van der Waals surface area contributed by atoms with Crippen LogP contribution in [-0.4, -0.2) is 25.2 Å². The zero-order chi connectivity index (χ0) is 13.7. The Kier molecular flexibility index (Phi) is 4.80. The monoisotopic (exact) mass is 269 g/mol. The van der Waals surface area contributed by atoms with Crippen molar-refractivity contribution in [1.82, 2.24) is 0 Å². The summed E-state index contributed by atoms with van der Waals surface area (Å²) >= 11 is 0.896. The molecule has 0 bridgehead atoms. The molecule has 0 fully saturated rings. The fourth-order valence-electron chi connectivity index (χ4n) is 1.40. The lowest BCUT2D eigenvalue weighted by molar-refractivity contribution is 0.0527. The third-order valence-corrected chi connectivity index (χ3v) is 3.32. The lowest BCUT2D eigenvalue weighted by Crippen LogP contribution is -2.08. The zero-order valence-electron chi connectivity index (χ0n) is 10.3. The first-order chi connectivity index (χ1) is 8.56. The Morgan fingerprint density at radius 2 is 1.78 bits per heavy atom. The summed E-state index contributed by atoms with van der Waals surface area (Å²) < 4.78 is 9.71. The minimum absolute atomic E-state index is 0.0500. The summed E-state index contributed by atoms with van der Waals surface area (Å²) in [5.74, 6) is -1.16. The number of ether oxygens (including phenoxy) is 2. The molecule has 0 saturated carbocycles. The molecule has 0 N–H and O–H groups in total. The van der Waals surface area contributed by atoms with Crippen molar-refractivity contribution in [2.75, 3.05) is 13.2 Å². The van der Waals surface area contributed by atoms with Crippen LogP contribution in [0.1, 0.15) is 39.4 Å². The molecule has 1 aromatic rings. The van der Waals surface area contributed by atoms with Gasteiger partial charge in [0.25, 0.3) is 0 Å². The Morgan fingerprint density at radius 3 is 2.28 bits per heavy atom. The SMILES string of the molecule is CCOC(=O)c1sc([N+]#N)c(C(=O)OCC)c1C. The highest BCUT2D eigenvalue weighted by Gasteiger charge is 2.33. The first-order valence-electron chi connectivity index (χ1n) is 5.39. The predicted molar refractivity (Wildman–Crippen MR) is 65.7 cm³/mol. The minimum atomic E-state index is -0.616. The molecule has 0 aliphatic heterocycles. The molecule has 0 saturated heterocycles. The second-order valence-electron chi connectivity index (χ2n) is 3.28. The number of rotatable bonds is 4. The zero-order valence-corrected chi connectivity index (χ0v) is 11.2. The molecule has 0 spiro atoms. The number of hydrogen-bond acceptors (Lipinski definition) is 6. The molecule has 0 unspecified atom stereocenters. The molecular weight excluding hydrogens is 256 g/mol. The molecule has 7 heteroatoms. The summed E-state index contributed by atoms with van der Waals surface area (Å²) in [6.07, 6.45) is 0. The van der Waals surface area contributed by atoms with E-state index in [1.54, 1.807) is 20.8 Å². The van der Waals surface area contributed by atoms with Crippen molar-refractivity contribution in [3.8, 4) is 0 Å². The van der Waals surface area contributed by atoms with Crippen LogP contribution in [0.3, 0.4) is 0 Å². The Balaban J connectivity index is 3.23. The Hall–Kier alpha value is -1.94. The molecule has 0 amide bonds. The van der Waals surface area contributed by atoms with Gasteiger partial charge >= 0.3 is 16.9 Å². The van der Waals surface area contributed by atoms with E-state index < -0.39 is 11.9 Å². The van der Waals surface area contributed by atoms with Gasteiger partial charge in [0.2, 0.25) is 5.39 Å². The largest absolute Gasteiger partial charge is 0.462 e. The number of nitrogens with zero attached hydrogens (tertiary/aromatic N) is 2. The van der Waals surface area contributed by atoms with Gasteiger partial charge in [-0.3, -0.25) is 0 Å². The minimum Gasteiger partial charge on any atom is -0.462 e. The van der Waals surface area contributed by atoms with Crippen molar-refractivity contribution in [3.63, 3.8) is 0 Å². The van der Waals surface area contributed by atoms with E-state index in [4.69, 9.17) is 14.9 Å². The number of esters is 2. The summed E-state index contributed by atoms with van der Waals surface area (Å²) in [5, 5.41) is 8.91. The van der Waals surface area contributed by atoms with Crippen LogP contribution in [0, 0.1) is 12.3 Å². The van der Waals surface area contributed by atoms with Crippen LogP contribution in [0.2, 0.25) is 0 Å². The predicted octanol–water partition coefficient (Wildman–Crippen LogP) is 2.89. The second kappa shape index (κ2) is 6.12. The molecule has 6 nitrogen and oxygen atoms in total. The van der Waals surface area contributed by atoms with Gasteiger partial charge in [0.1, 0.15) is 4.88 Å². The van der Waals surface area contributed by atoms with E-state index >= 15 is 0 Å². The Labute approximate surface area is 108 Å². The van der Waals surface area contributed by atoms with Crippen molar-refractivity contribution in [2.24, 2.45) is 0 Å². The van der Waals surface area contributed by atoms with Crippen LogP contribution in [0.4, 0.5) is 5.00 Å². The highest BCUT2D eigenvalue weighted by molar-refractivity contribution is 7.18. The van der Waals surface area contributed by atoms with Gasteiger partial charge < -0.3 is 9.47 Å². The molecule has 1 aromatic heterocycles. The summed E-state index contributed by atoms with van der Waals surface area (Å²) in [7, 11) is 0. The number of hydrogen-bond donors (Lipinski definition) is 0. The van der Waals surface area contributed by atoms with Gasteiger partial charge in [-0.2, -0.15) is 0 Å². The molecule has 0 aromatic carbocycles. The van der Waals surface area contributed by atoms with E-state index in [1.165, 1.54) is 0 Å². The molecule has 18 heavy (non-hydrogen) atoms. The third-order valence-electron chi connectivity index (χ3n) is 2.16. The standard InChI is InChI=1S/C11H13N2O4S/c1-4-16-10(14)7-6(3)8(11(15)17-5-2)18-9(7)13-12/h4-5H2,1-3H3/q+1. The number of thiophene rings is 1. The van der Waals surface area contributed by atoms with Gasteiger partial charge in [0.05, 0.1) is 13.2 Å². The summed E-state index contributed by atoms with van der Waals surface area (Å²) in [6, 6.07) is 0. The topological polar surface area (TPSA) is 80.8 Å². The van der Waals surface area contributed by atoms with Crippen molar-refractivity contribution in [3.05, 3.63) is 21.0 Å². The molecule has 0 aliphatic carbocycles. The number of carbonyl (C=O) groups is 2. The lowest BCUT2D eigenvalue weighted by Gasteiger charge is -2.01. The second-order valence-corrected chi connectivity index (χ2v) is 4.28. The van der Waals surface area contributed by atoms with E-state index in [-0.39, 0.29) is 28.7 Å². The van der Waals surface area contributed by atoms with Gasteiger partial charge in [0, 0.05) is 0 Å². The highest BCUT2D eigenvalue weighted by Crippen LogP contribution is 2.36. The van der Waals surface area contributed by atoms with E-state index in [1.807, 2.05) is 0 Å². The summed E-state index contributed by atoms with van der Waals surface area (Å²) in [4.78, 5) is 26.6. The van der Waals surface area contributed by atoms with Crippen LogP contribution in [0.15, 0.2) is 0 Å². The van der Waals surface area contributed by atoms with Gasteiger partial charge in [-0.15, -0.1) is 0 Å². The maximum absolute atomic E-state index is 11.7. The maximum atomic E-state index is 11.7. The fraction of sp³-hybridized carbons (Fsp3) is 0.455. The van der Waals surface area contributed by atoms with Gasteiger partial charge in [-0.05, 0) is 37.7 Å². The van der Waals surface area contributed by atoms with Crippen LogP contribution >= 0.6 is 11.3 Å². The molecule has 0 atom stereocenters.